The van der Waals surface area contributed by atoms with E-state index in [1.54, 1.807) is 204 Å². The summed E-state index contributed by atoms with van der Waals surface area (Å²) < 4.78 is 365. The van der Waals surface area contributed by atoms with Crippen molar-refractivity contribution in [2.24, 2.45) is 0 Å². The molecule has 1 aromatic heterocycles. The fourth-order valence-corrected chi connectivity index (χ4v) is 16.2. The summed E-state index contributed by atoms with van der Waals surface area (Å²) in [5.74, 6) is 0. The van der Waals surface area contributed by atoms with Crippen molar-refractivity contribution in [1.82, 2.24) is 4.57 Å². The van der Waals surface area contributed by atoms with Gasteiger partial charge < -0.3 is 14.4 Å². The van der Waals surface area contributed by atoms with E-state index in [4.69, 9.17) is 2.74 Å². The molecule has 13 aromatic carbocycles. The maximum Gasteiger partial charge on any atom is 0.252 e. The summed E-state index contributed by atoms with van der Waals surface area (Å²) in [5.41, 5.74) is -19.4. The second kappa shape index (κ2) is 28.5. The number of hydrogen-bond donors (Lipinski definition) is 0. The molecule has 16 rings (SSSR count). The molecule has 0 spiro atoms. The summed E-state index contributed by atoms with van der Waals surface area (Å²) >= 11 is 0. The minimum atomic E-state index is -1.61. The number of fused-ring (bicyclic) bond motifs is 7. The Morgan fingerprint density at radius 3 is 1.00 bits per heavy atom. The van der Waals surface area contributed by atoms with Gasteiger partial charge in [-0.1, -0.05) is 386 Å². The maximum atomic E-state index is 12.1. The number of rotatable bonds is 9. The Morgan fingerprint density at radius 1 is 0.254 bits per heavy atom. The van der Waals surface area contributed by atoms with Gasteiger partial charge in [-0.3, -0.25) is 0 Å². The number of benzene rings is 13. The molecule has 0 N–H and O–H groups in total. The first-order valence-corrected chi connectivity index (χ1v) is 40.5. The smallest absolute Gasteiger partial charge is 0.252 e. The Bertz CT molecular complexity index is 8120. The monoisotopic (exact) mass is 1580 g/mol. The highest BCUT2D eigenvalue weighted by molar-refractivity contribution is 7.00. The summed E-state index contributed by atoms with van der Waals surface area (Å²) in [6.45, 7) is 45.6. The highest BCUT2D eigenvalue weighted by Crippen LogP contribution is 2.59. The SMILES string of the molecule is [2H]c1c([2H])c([2H])c(-c2ccc3c(c2)N(c2c(-c4c([2H])c([2H])c(C(C)(C)C)c([2H])c4[2H])c([2H])c(C(C)(C)C)c([2H])c2-c2c([2H])c([2H])c(C(C)(C)C)c([2H])c2C(C)(C)C)c2cc(-n4c5c([2H])c([2H])c([2H])c([2H])c5c5c([2H])c([2H])c([2H])c([2H])c54)cc4c2B3c2ccc(-c3c([2H])c([2H])c([2H])c([2H])c3[2H])cc2N4c2c(-c3c(C(C)(C)C)c([2H])c([2H])c([2H])c3C(C)(C)C)c([2H])c(C(C)(C)C)c([2H])c2-c2c(C(C)(C)C)c([2H])c([2H])c([2H])c2C(C)(C)C)c([2H])c1[2H]. The van der Waals surface area contributed by atoms with E-state index in [0.717, 1.165) is 0 Å². The summed E-state index contributed by atoms with van der Waals surface area (Å²) in [7, 11) is 0. The molecule has 118 heavy (non-hydrogen) atoms. The molecular formula is C114H124BN3. The molecule has 0 saturated carbocycles. The Balaban J connectivity index is 1.39. The molecule has 14 aromatic rings. The van der Waals surface area contributed by atoms with Crippen LogP contribution in [0.5, 0.6) is 0 Å². The Morgan fingerprint density at radius 2 is 0.610 bits per heavy atom. The van der Waals surface area contributed by atoms with Crippen molar-refractivity contribution in [2.75, 3.05) is 9.80 Å². The third kappa shape index (κ3) is 14.4. The minimum Gasteiger partial charge on any atom is -0.310 e. The van der Waals surface area contributed by atoms with E-state index >= 15 is 0 Å². The molecular weight excluding hydrogens is 1420 g/mol. The van der Waals surface area contributed by atoms with Crippen LogP contribution in [-0.4, -0.2) is 11.3 Å². The zero-order chi connectivity index (χ0) is 115. The van der Waals surface area contributed by atoms with Crippen LogP contribution in [0, 0.1) is 0 Å². The van der Waals surface area contributed by atoms with Crippen LogP contribution in [0.15, 0.2) is 260 Å². The predicted molar refractivity (Wildman–Crippen MR) is 516 cm³/mol. The van der Waals surface area contributed by atoms with E-state index in [1.165, 1.54) is 45.9 Å². The normalized spacial score (nSPS) is 17.8. The van der Waals surface area contributed by atoms with Gasteiger partial charge >= 0.3 is 0 Å². The molecule has 0 saturated heterocycles. The average Bonchev–Trinajstić information content (AvgIpc) is 1.46. The molecule has 0 aliphatic carbocycles. The second-order valence-corrected chi connectivity index (χ2v) is 40.8. The van der Waals surface area contributed by atoms with Crippen molar-refractivity contribution in [3.8, 4) is 72.4 Å². The Labute approximate surface area is 756 Å². The van der Waals surface area contributed by atoms with E-state index < -0.39 is 322 Å². The number of anilines is 6. The van der Waals surface area contributed by atoms with Gasteiger partial charge in [-0.25, -0.2) is 0 Å². The highest BCUT2D eigenvalue weighted by Gasteiger charge is 2.48. The molecule has 0 atom stereocenters. The van der Waals surface area contributed by atoms with E-state index in [9.17, 15) is 45.2 Å². The Kier molecular flexibility index (Phi) is 11.9. The molecule has 4 heteroatoms. The molecule has 0 bridgehead atoms. The minimum absolute atomic E-state index is 0.00315. The topological polar surface area (TPSA) is 11.4 Å². The zero-order valence-electron chi connectivity index (χ0n) is 108. The molecule has 0 radical (unpaired) electrons. The summed E-state index contributed by atoms with van der Waals surface area (Å²) in [6.07, 6.45) is 0. The summed E-state index contributed by atoms with van der Waals surface area (Å²) in [4.78, 5) is 3.03. The van der Waals surface area contributed by atoms with Crippen molar-refractivity contribution >= 4 is 79.0 Å². The van der Waals surface area contributed by atoms with Gasteiger partial charge in [0.05, 0.1) is 76.1 Å². The lowest BCUT2D eigenvalue weighted by molar-refractivity contribution is 0.569. The number of hydrogen-bond acceptors (Lipinski definition) is 2. The summed E-state index contributed by atoms with van der Waals surface area (Å²) in [6, 6.07) is -12.5. The number of para-hydroxylation sites is 2. The van der Waals surface area contributed by atoms with Crippen LogP contribution in [0.25, 0.3) is 94.3 Å². The number of nitrogens with zero attached hydrogens (tertiary/aromatic N) is 3. The van der Waals surface area contributed by atoms with Crippen LogP contribution >= 0.6 is 0 Å². The number of aromatic nitrogens is 1. The zero-order valence-corrected chi connectivity index (χ0v) is 73.0. The quantitative estimate of drug-likeness (QED) is 0.133. The first-order chi connectivity index (χ1) is 69.9. The van der Waals surface area contributed by atoms with Gasteiger partial charge in [-0.2, -0.15) is 0 Å². The third-order valence-electron chi connectivity index (χ3n) is 22.3. The fraction of sp³-hybridized carbons (Fsp3) is 0.316. The average molecular weight is 1580 g/mol. The lowest BCUT2D eigenvalue weighted by Gasteiger charge is -2.47. The standard InChI is InChI=1S/C114H124BN3/c1-106(2,3)76-56-52-73(53-57-76)84-64-78(108(7,8)9)65-85(81-59-58-77(107(4,5)6)68-92(81)114(25,26)27)104(84)117-97-62-74(71-40-30-28-31-41-71)54-60-93(97)115-94-61-55-75(72-42-32-29-33-43-72)63-98(94)118(100-70-80(69-99(117)103(100)115)116-95-50-36-34-44-82(95)83-45-35-37-51-96(83)116)105-86(101-88(110(13,14)15)46-38-47-89(101)111(16,17)18)66-79(109(10,11)12)67-87(105)102-90(112(19,20)21)48-39-49-91(102)113(22,23)24/h28-70H,1-27H3/i28D,29D,30D,31D,32D,33D,34D,35D,36D,37D,38D,39D,40D,41D,42D,43D,44D,45D,46D,47D,48D,49D,50D,51D,52D,53D,56D,57D,58D,59D,64D,65D,66D,67D,68D. The molecule has 0 unspecified atom stereocenters. The second-order valence-electron chi connectivity index (χ2n) is 40.8. The van der Waals surface area contributed by atoms with Gasteiger partial charge in [0, 0.05) is 55.8 Å². The highest BCUT2D eigenvalue weighted by atomic mass is 15.2. The van der Waals surface area contributed by atoms with Crippen molar-refractivity contribution in [3.05, 3.63) is 310 Å². The summed E-state index contributed by atoms with van der Waals surface area (Å²) in [5, 5.41) is -0.975. The van der Waals surface area contributed by atoms with Crippen molar-refractivity contribution < 1.29 is 48.0 Å². The van der Waals surface area contributed by atoms with Gasteiger partial charge in [0.25, 0.3) is 6.71 Å². The molecule has 2 aliphatic heterocycles. The molecule has 2 aliphatic rings. The first-order valence-electron chi connectivity index (χ1n) is 58.0. The van der Waals surface area contributed by atoms with Gasteiger partial charge in [0.15, 0.2) is 0 Å². The van der Waals surface area contributed by atoms with Crippen molar-refractivity contribution in [1.29, 1.82) is 0 Å². The lowest BCUT2D eigenvalue weighted by atomic mass is 9.33. The van der Waals surface area contributed by atoms with Crippen molar-refractivity contribution in [2.45, 2.75) is 236 Å². The maximum absolute atomic E-state index is 12.1. The third-order valence-corrected chi connectivity index (χ3v) is 22.3. The largest absolute Gasteiger partial charge is 0.310 e. The molecule has 3 nitrogen and oxygen atoms in total. The van der Waals surface area contributed by atoms with Crippen LogP contribution in [0.4, 0.5) is 34.1 Å². The van der Waals surface area contributed by atoms with Gasteiger partial charge in [0.1, 0.15) is 0 Å². The van der Waals surface area contributed by atoms with E-state index in [-0.39, 0.29) is 140 Å². The van der Waals surface area contributed by atoms with Crippen molar-refractivity contribution in [3.63, 3.8) is 0 Å². The molecule has 598 valence electrons. The molecule has 3 heterocycles. The van der Waals surface area contributed by atoms with Gasteiger partial charge in [-0.15, -0.1) is 0 Å². The van der Waals surface area contributed by atoms with E-state index in [2.05, 4.69) is 0 Å². The van der Waals surface area contributed by atoms with Crippen LogP contribution in [0.2, 0.25) is 0 Å². The molecule has 0 fully saturated rings. The lowest BCUT2D eigenvalue weighted by Crippen LogP contribution is -2.61. The van der Waals surface area contributed by atoms with Gasteiger partial charge in [-0.05, 0) is 220 Å². The first kappa shape index (κ1) is 49.0. The molecule has 0 amide bonds. The Hall–Kier alpha value is -10.7. The van der Waals surface area contributed by atoms with Crippen LogP contribution in [-0.2, 0) is 48.7 Å². The van der Waals surface area contributed by atoms with E-state index in [0.29, 0.717) is 0 Å². The van der Waals surface area contributed by atoms with Crippen LogP contribution in [0.1, 0.15) is 285 Å². The van der Waals surface area contributed by atoms with Gasteiger partial charge in [0.2, 0.25) is 0 Å². The van der Waals surface area contributed by atoms with Crippen LogP contribution < -0.4 is 26.2 Å². The van der Waals surface area contributed by atoms with Crippen LogP contribution in [0.3, 0.4) is 0 Å². The predicted octanol–water partition coefficient (Wildman–Crippen LogP) is 30.5. The fourth-order valence-electron chi connectivity index (χ4n) is 16.2. The van der Waals surface area contributed by atoms with E-state index in [1.807, 2.05) is 0 Å².